The quantitative estimate of drug-likeness (QED) is 0.913. The smallest absolute Gasteiger partial charge is 0.262 e. The van der Waals surface area contributed by atoms with Crippen molar-refractivity contribution in [1.82, 2.24) is 4.90 Å². The van der Waals surface area contributed by atoms with E-state index in [9.17, 15) is 13.2 Å². The summed E-state index contributed by atoms with van der Waals surface area (Å²) in [7, 11) is -2.06. The lowest BCUT2D eigenvalue weighted by molar-refractivity contribution is 0.0796. The summed E-state index contributed by atoms with van der Waals surface area (Å²) in [5.41, 5.74) is 2.33. The average Bonchev–Trinajstić information content (AvgIpc) is 2.67. The number of benzene rings is 2. The maximum atomic E-state index is 12.7. The standard InChI is InChI=1S/C18H20N2O4S/c1-12-4-7-17(13(2)10-12)25(22,23)19-14-5-6-16-15(11-14)18(21)20(3)8-9-24-16/h4-7,10-11,19H,8-9H2,1-3H3. The third kappa shape index (κ3) is 3.46. The van der Waals surface area contributed by atoms with Crippen LogP contribution in [0.5, 0.6) is 5.75 Å². The van der Waals surface area contributed by atoms with E-state index in [4.69, 9.17) is 4.74 Å². The molecule has 0 spiro atoms. The van der Waals surface area contributed by atoms with Gasteiger partial charge in [0.05, 0.1) is 17.0 Å². The summed E-state index contributed by atoms with van der Waals surface area (Å²) in [6.45, 7) is 4.55. The SMILES string of the molecule is Cc1ccc(S(=O)(=O)Nc2ccc3c(c2)C(=O)N(C)CCO3)c(C)c1. The predicted octanol–water partition coefficient (Wildman–Crippen LogP) is 2.57. The fourth-order valence-corrected chi connectivity index (χ4v) is 4.07. The second-order valence-corrected chi connectivity index (χ2v) is 7.81. The van der Waals surface area contributed by atoms with Crippen LogP contribution in [0.4, 0.5) is 5.69 Å². The van der Waals surface area contributed by atoms with Gasteiger partial charge in [-0.2, -0.15) is 0 Å². The molecule has 0 aliphatic carbocycles. The van der Waals surface area contributed by atoms with Gasteiger partial charge in [0.25, 0.3) is 15.9 Å². The van der Waals surface area contributed by atoms with Crippen LogP contribution in [0, 0.1) is 13.8 Å². The van der Waals surface area contributed by atoms with Crippen LogP contribution in [0.15, 0.2) is 41.3 Å². The fourth-order valence-electron chi connectivity index (χ4n) is 2.80. The lowest BCUT2D eigenvalue weighted by Crippen LogP contribution is -2.27. The van der Waals surface area contributed by atoms with Gasteiger partial charge in [0.15, 0.2) is 0 Å². The van der Waals surface area contributed by atoms with Gasteiger partial charge in [-0.15, -0.1) is 0 Å². The Balaban J connectivity index is 1.96. The molecule has 2 aromatic rings. The first-order valence-corrected chi connectivity index (χ1v) is 9.38. The molecular formula is C18H20N2O4S. The van der Waals surface area contributed by atoms with Gasteiger partial charge in [0.2, 0.25) is 0 Å². The van der Waals surface area contributed by atoms with E-state index in [1.165, 1.54) is 6.07 Å². The average molecular weight is 360 g/mol. The third-order valence-electron chi connectivity index (χ3n) is 4.11. The minimum Gasteiger partial charge on any atom is -0.491 e. The largest absolute Gasteiger partial charge is 0.491 e. The molecular weight excluding hydrogens is 340 g/mol. The molecule has 0 aromatic heterocycles. The molecule has 3 rings (SSSR count). The van der Waals surface area contributed by atoms with Crippen LogP contribution in [0.3, 0.4) is 0 Å². The van der Waals surface area contributed by atoms with Gasteiger partial charge in [-0.05, 0) is 43.7 Å². The Hall–Kier alpha value is -2.54. The highest BCUT2D eigenvalue weighted by atomic mass is 32.2. The number of sulfonamides is 1. The third-order valence-corrected chi connectivity index (χ3v) is 5.65. The van der Waals surface area contributed by atoms with Crippen molar-refractivity contribution in [2.24, 2.45) is 0 Å². The van der Waals surface area contributed by atoms with Gasteiger partial charge in [-0.1, -0.05) is 17.7 Å². The highest BCUT2D eigenvalue weighted by molar-refractivity contribution is 7.92. The Kier molecular flexibility index (Phi) is 4.43. The first-order valence-electron chi connectivity index (χ1n) is 7.90. The van der Waals surface area contributed by atoms with E-state index in [1.54, 1.807) is 43.1 Å². The van der Waals surface area contributed by atoms with Crippen LogP contribution in [-0.2, 0) is 10.0 Å². The van der Waals surface area contributed by atoms with E-state index < -0.39 is 10.0 Å². The molecule has 0 fully saturated rings. The van der Waals surface area contributed by atoms with Gasteiger partial charge in [-0.25, -0.2) is 8.42 Å². The Morgan fingerprint density at radius 1 is 1.12 bits per heavy atom. The minimum absolute atomic E-state index is 0.194. The number of amides is 1. The Morgan fingerprint density at radius 2 is 1.88 bits per heavy atom. The van der Waals surface area contributed by atoms with Crippen LogP contribution >= 0.6 is 0 Å². The first-order chi connectivity index (χ1) is 11.8. The topological polar surface area (TPSA) is 75.7 Å². The van der Waals surface area contributed by atoms with Crippen LogP contribution < -0.4 is 9.46 Å². The van der Waals surface area contributed by atoms with Crippen molar-refractivity contribution < 1.29 is 17.9 Å². The maximum Gasteiger partial charge on any atom is 0.262 e. The van der Waals surface area contributed by atoms with Crippen LogP contribution in [0.1, 0.15) is 21.5 Å². The van der Waals surface area contributed by atoms with Crippen molar-refractivity contribution in [3.8, 4) is 5.75 Å². The minimum atomic E-state index is -3.74. The zero-order chi connectivity index (χ0) is 18.2. The summed E-state index contributed by atoms with van der Waals surface area (Å²) in [5.74, 6) is 0.267. The normalized spacial score (nSPS) is 14.5. The fraction of sp³-hybridized carbons (Fsp3) is 0.278. The highest BCUT2D eigenvalue weighted by Crippen LogP contribution is 2.28. The van der Waals surface area contributed by atoms with Gasteiger partial charge in [0, 0.05) is 12.7 Å². The molecule has 1 N–H and O–H groups in total. The molecule has 25 heavy (non-hydrogen) atoms. The zero-order valence-electron chi connectivity index (χ0n) is 14.4. The molecule has 0 saturated heterocycles. The molecule has 6 nitrogen and oxygen atoms in total. The Bertz CT molecular complexity index is 938. The molecule has 0 atom stereocenters. The lowest BCUT2D eigenvalue weighted by atomic mass is 10.1. The molecule has 2 aromatic carbocycles. The maximum absolute atomic E-state index is 12.7. The molecule has 1 aliphatic heterocycles. The number of fused-ring (bicyclic) bond motifs is 1. The summed E-state index contributed by atoms with van der Waals surface area (Å²) < 4.78 is 33.5. The number of nitrogens with zero attached hydrogens (tertiary/aromatic N) is 1. The summed E-state index contributed by atoms with van der Waals surface area (Å²) in [6.07, 6.45) is 0. The molecule has 1 amide bonds. The number of rotatable bonds is 3. The highest BCUT2D eigenvalue weighted by Gasteiger charge is 2.23. The van der Waals surface area contributed by atoms with E-state index in [2.05, 4.69) is 4.72 Å². The molecule has 0 saturated carbocycles. The molecule has 0 bridgehead atoms. The molecule has 132 valence electrons. The monoisotopic (exact) mass is 360 g/mol. The summed E-state index contributed by atoms with van der Waals surface area (Å²) >= 11 is 0. The number of nitrogens with one attached hydrogen (secondary N) is 1. The number of hydrogen-bond acceptors (Lipinski definition) is 4. The summed E-state index contributed by atoms with van der Waals surface area (Å²) in [6, 6.07) is 9.88. The van der Waals surface area contributed by atoms with Gasteiger partial charge in [0.1, 0.15) is 12.4 Å². The first kappa shape index (κ1) is 17.3. The van der Waals surface area contributed by atoms with Crippen molar-refractivity contribution in [3.63, 3.8) is 0 Å². The molecule has 0 unspecified atom stereocenters. The number of ether oxygens (including phenoxy) is 1. The van der Waals surface area contributed by atoms with Crippen LogP contribution in [0.25, 0.3) is 0 Å². The number of carbonyl (C=O) groups excluding carboxylic acids is 1. The van der Waals surface area contributed by atoms with E-state index in [-0.39, 0.29) is 10.8 Å². The zero-order valence-corrected chi connectivity index (χ0v) is 15.2. The Labute approximate surface area is 147 Å². The number of likely N-dealkylation sites (N-methyl/N-ethyl adjacent to an activating group) is 1. The summed E-state index contributed by atoms with van der Waals surface area (Å²) in [5, 5.41) is 0. The lowest BCUT2D eigenvalue weighted by Gasteiger charge is -2.14. The van der Waals surface area contributed by atoms with E-state index >= 15 is 0 Å². The molecule has 1 heterocycles. The number of hydrogen-bond donors (Lipinski definition) is 1. The van der Waals surface area contributed by atoms with Crippen molar-refractivity contribution in [1.29, 1.82) is 0 Å². The Morgan fingerprint density at radius 3 is 2.60 bits per heavy atom. The molecule has 7 heteroatoms. The number of aryl methyl sites for hydroxylation is 2. The summed E-state index contributed by atoms with van der Waals surface area (Å²) in [4.78, 5) is 14.1. The van der Waals surface area contributed by atoms with Crippen molar-refractivity contribution in [2.75, 3.05) is 24.9 Å². The van der Waals surface area contributed by atoms with E-state index in [1.807, 2.05) is 13.0 Å². The second-order valence-electron chi connectivity index (χ2n) is 6.16. The van der Waals surface area contributed by atoms with Crippen LogP contribution in [0.2, 0.25) is 0 Å². The van der Waals surface area contributed by atoms with E-state index in [0.717, 1.165) is 5.56 Å². The molecule has 0 radical (unpaired) electrons. The molecule has 1 aliphatic rings. The van der Waals surface area contributed by atoms with E-state index in [0.29, 0.717) is 35.7 Å². The van der Waals surface area contributed by atoms with Crippen molar-refractivity contribution in [3.05, 3.63) is 53.1 Å². The van der Waals surface area contributed by atoms with Crippen LogP contribution in [-0.4, -0.2) is 39.4 Å². The second kappa shape index (κ2) is 6.40. The number of anilines is 1. The van der Waals surface area contributed by atoms with Gasteiger partial charge in [-0.3, -0.25) is 9.52 Å². The van der Waals surface area contributed by atoms with Gasteiger partial charge >= 0.3 is 0 Å². The predicted molar refractivity (Wildman–Crippen MR) is 95.6 cm³/mol. The van der Waals surface area contributed by atoms with Crippen molar-refractivity contribution in [2.45, 2.75) is 18.7 Å². The van der Waals surface area contributed by atoms with Gasteiger partial charge < -0.3 is 9.64 Å². The van der Waals surface area contributed by atoms with Crippen molar-refractivity contribution >= 4 is 21.6 Å². The number of carbonyl (C=O) groups is 1.